The Morgan fingerprint density at radius 2 is 1.93 bits per heavy atom. The van der Waals surface area contributed by atoms with E-state index in [9.17, 15) is 9.90 Å². The van der Waals surface area contributed by atoms with Gasteiger partial charge in [0.2, 0.25) is 11.8 Å². The maximum atomic E-state index is 11.4. The van der Waals surface area contributed by atoms with Crippen LogP contribution in [0.5, 0.6) is 5.88 Å². The molecule has 3 fully saturated rings. The zero-order valence-corrected chi connectivity index (χ0v) is 15.8. The summed E-state index contributed by atoms with van der Waals surface area (Å²) < 4.78 is 1.63. The molecule has 150 valence electrons. The van der Waals surface area contributed by atoms with Crippen LogP contribution in [-0.4, -0.2) is 46.7 Å². The zero-order chi connectivity index (χ0) is 19.5. The molecule has 3 aliphatic rings. The van der Waals surface area contributed by atoms with Gasteiger partial charge in [0, 0.05) is 11.3 Å². The van der Waals surface area contributed by atoms with Gasteiger partial charge in [-0.1, -0.05) is 0 Å². The van der Waals surface area contributed by atoms with Crippen molar-refractivity contribution in [2.45, 2.75) is 50.6 Å². The molecule has 0 radical (unpaired) electrons. The average Bonchev–Trinajstić information content (AvgIpc) is 3.56. The van der Waals surface area contributed by atoms with Gasteiger partial charge in [0.05, 0.1) is 12.2 Å². The van der Waals surface area contributed by atoms with Gasteiger partial charge >= 0.3 is 5.69 Å². The van der Waals surface area contributed by atoms with Crippen molar-refractivity contribution in [3.63, 3.8) is 0 Å². The SMILES string of the molecule is O=c1[nH]c(O)c(/C=c2/cnn3c(=NC4CC4)nc(NC(C4CC4)C4CC4)nc23)[nH]1. The van der Waals surface area contributed by atoms with Gasteiger partial charge in [-0.05, 0) is 56.4 Å². The highest BCUT2D eigenvalue weighted by atomic mass is 16.3. The Kier molecular flexibility index (Phi) is 3.56. The number of hydrogen-bond donors (Lipinski definition) is 4. The monoisotopic (exact) mass is 394 g/mol. The maximum absolute atomic E-state index is 11.4. The first-order chi connectivity index (χ1) is 14.1. The molecule has 3 heterocycles. The Bertz CT molecular complexity index is 1250. The largest absolute Gasteiger partial charge is 0.493 e. The second kappa shape index (κ2) is 6.16. The lowest BCUT2D eigenvalue weighted by Gasteiger charge is -2.17. The minimum Gasteiger partial charge on any atom is -0.493 e. The molecular formula is C19H22N8O2. The van der Waals surface area contributed by atoms with Crippen LogP contribution < -0.4 is 21.8 Å². The molecule has 3 aromatic rings. The molecule has 6 rings (SSSR count). The van der Waals surface area contributed by atoms with Crippen LogP contribution >= 0.6 is 0 Å². The molecule has 3 aliphatic carbocycles. The lowest BCUT2D eigenvalue weighted by atomic mass is 10.1. The number of rotatable bonds is 6. The lowest BCUT2D eigenvalue weighted by Crippen LogP contribution is -2.30. The normalized spacial score (nSPS) is 20.9. The van der Waals surface area contributed by atoms with E-state index in [0.717, 1.165) is 12.8 Å². The van der Waals surface area contributed by atoms with Crippen molar-refractivity contribution in [1.82, 2.24) is 29.5 Å². The maximum Gasteiger partial charge on any atom is 0.326 e. The summed E-state index contributed by atoms with van der Waals surface area (Å²) in [6.07, 6.45) is 10.5. The van der Waals surface area contributed by atoms with Gasteiger partial charge in [0.15, 0.2) is 5.65 Å². The van der Waals surface area contributed by atoms with E-state index >= 15 is 0 Å². The number of aromatic amines is 2. The Morgan fingerprint density at radius 3 is 2.55 bits per heavy atom. The van der Waals surface area contributed by atoms with Crippen LogP contribution in [0.1, 0.15) is 44.2 Å². The van der Waals surface area contributed by atoms with E-state index in [1.165, 1.54) is 25.7 Å². The Balaban J connectivity index is 1.48. The first-order valence-corrected chi connectivity index (χ1v) is 10.2. The van der Waals surface area contributed by atoms with Gasteiger partial charge in [0.1, 0.15) is 5.69 Å². The van der Waals surface area contributed by atoms with Crippen molar-refractivity contribution in [2.24, 2.45) is 16.8 Å². The number of H-pyrrole nitrogens is 2. The summed E-state index contributed by atoms with van der Waals surface area (Å²) in [6.45, 7) is 0. The van der Waals surface area contributed by atoms with Crippen LogP contribution in [-0.2, 0) is 0 Å². The molecule has 4 N–H and O–H groups in total. The molecular weight excluding hydrogens is 372 g/mol. The molecule has 3 saturated carbocycles. The van der Waals surface area contributed by atoms with E-state index in [1.54, 1.807) is 16.8 Å². The number of aromatic hydroxyl groups is 1. The smallest absolute Gasteiger partial charge is 0.326 e. The molecule has 29 heavy (non-hydrogen) atoms. The van der Waals surface area contributed by atoms with Gasteiger partial charge in [-0.2, -0.15) is 19.6 Å². The Hall–Kier alpha value is -3.17. The summed E-state index contributed by atoms with van der Waals surface area (Å²) in [4.78, 5) is 30.4. The highest BCUT2D eigenvalue weighted by Crippen LogP contribution is 2.45. The topological polar surface area (TPSA) is 136 Å². The molecule has 10 heteroatoms. The van der Waals surface area contributed by atoms with E-state index in [0.29, 0.717) is 46.4 Å². The zero-order valence-electron chi connectivity index (χ0n) is 15.8. The van der Waals surface area contributed by atoms with Crippen molar-refractivity contribution in [1.29, 1.82) is 0 Å². The fourth-order valence-corrected chi connectivity index (χ4v) is 3.83. The molecule has 0 bridgehead atoms. The fourth-order valence-electron chi connectivity index (χ4n) is 3.83. The molecule has 0 saturated heterocycles. The van der Waals surface area contributed by atoms with Crippen LogP contribution in [0.4, 0.5) is 5.95 Å². The van der Waals surface area contributed by atoms with Crippen molar-refractivity contribution in [3.05, 3.63) is 33.2 Å². The Labute approximate surface area is 164 Å². The summed E-state index contributed by atoms with van der Waals surface area (Å²) in [5.41, 5.74) is 0.946. The third-order valence-corrected chi connectivity index (χ3v) is 5.81. The third kappa shape index (κ3) is 3.28. The number of anilines is 1. The van der Waals surface area contributed by atoms with Gasteiger partial charge in [-0.3, -0.25) is 4.98 Å². The lowest BCUT2D eigenvalue weighted by molar-refractivity contribution is 0.454. The van der Waals surface area contributed by atoms with Crippen LogP contribution in [0.25, 0.3) is 11.7 Å². The average molecular weight is 394 g/mol. The number of imidazole rings is 1. The summed E-state index contributed by atoms with van der Waals surface area (Å²) in [5, 5.41) is 18.5. The fraction of sp³-hybridized carbons (Fsp3) is 0.526. The molecule has 0 aromatic carbocycles. The summed E-state index contributed by atoms with van der Waals surface area (Å²) in [7, 11) is 0. The molecule has 0 unspecified atom stereocenters. The van der Waals surface area contributed by atoms with E-state index in [1.807, 2.05) is 0 Å². The van der Waals surface area contributed by atoms with Gasteiger partial charge < -0.3 is 15.4 Å². The molecule has 0 aliphatic heterocycles. The van der Waals surface area contributed by atoms with Gasteiger partial charge in [0.25, 0.3) is 5.62 Å². The second-order valence-corrected chi connectivity index (χ2v) is 8.37. The number of hydrogen-bond acceptors (Lipinski definition) is 7. The van der Waals surface area contributed by atoms with Gasteiger partial charge in [-0.25, -0.2) is 9.79 Å². The first-order valence-electron chi connectivity index (χ1n) is 10.2. The molecule has 3 aromatic heterocycles. The van der Waals surface area contributed by atoms with E-state index in [4.69, 9.17) is 9.98 Å². The van der Waals surface area contributed by atoms with Crippen molar-refractivity contribution in [3.8, 4) is 5.88 Å². The highest BCUT2D eigenvalue weighted by molar-refractivity contribution is 5.57. The third-order valence-electron chi connectivity index (χ3n) is 5.81. The van der Waals surface area contributed by atoms with Crippen LogP contribution in [0.15, 0.2) is 16.0 Å². The number of aromatic nitrogens is 6. The van der Waals surface area contributed by atoms with Crippen molar-refractivity contribution in [2.75, 3.05) is 5.32 Å². The molecule has 0 atom stereocenters. The number of nitrogens with zero attached hydrogens (tertiary/aromatic N) is 5. The van der Waals surface area contributed by atoms with Crippen molar-refractivity contribution < 1.29 is 5.11 Å². The van der Waals surface area contributed by atoms with Crippen LogP contribution in [0, 0.1) is 11.8 Å². The first kappa shape index (κ1) is 16.8. The van der Waals surface area contributed by atoms with E-state index in [-0.39, 0.29) is 11.6 Å². The summed E-state index contributed by atoms with van der Waals surface area (Å²) in [5.74, 6) is 1.78. The quantitative estimate of drug-likeness (QED) is 0.467. The molecule has 10 nitrogen and oxygen atoms in total. The minimum atomic E-state index is -0.469. The number of nitrogens with one attached hydrogen (secondary N) is 3. The summed E-state index contributed by atoms with van der Waals surface area (Å²) in [6, 6.07) is 0.719. The van der Waals surface area contributed by atoms with E-state index in [2.05, 4.69) is 25.4 Å². The standard InChI is InChI=1S/C19H22N8O2/c28-16-13(22-19(29)25-16)7-11-8-20-27-15(11)24-17(26-18(27)21-12-5-6-12)23-14(9-1-2-9)10-3-4-10/h7-10,12,14,28H,1-6H2,(H,21,23,26)(H2,22,25,29)/b11-7-. The second-order valence-electron chi connectivity index (χ2n) is 8.37. The predicted octanol–water partition coefficient (Wildman–Crippen LogP) is 0.0576. The summed E-state index contributed by atoms with van der Waals surface area (Å²) >= 11 is 0. The van der Waals surface area contributed by atoms with Crippen LogP contribution in [0.3, 0.4) is 0 Å². The Morgan fingerprint density at radius 1 is 1.17 bits per heavy atom. The van der Waals surface area contributed by atoms with Crippen LogP contribution in [0.2, 0.25) is 0 Å². The van der Waals surface area contributed by atoms with Gasteiger partial charge in [-0.15, -0.1) is 0 Å². The predicted molar refractivity (Wildman–Crippen MR) is 104 cm³/mol. The minimum absolute atomic E-state index is 0.216. The highest BCUT2D eigenvalue weighted by Gasteiger charge is 2.41. The number of fused-ring (bicyclic) bond motifs is 1. The molecule has 0 amide bonds. The molecule has 0 spiro atoms. The van der Waals surface area contributed by atoms with E-state index < -0.39 is 5.69 Å². The van der Waals surface area contributed by atoms with Crippen molar-refractivity contribution >= 4 is 17.7 Å².